The number of carbonyl (C=O) groups is 1. The first kappa shape index (κ1) is 14.9. The van der Waals surface area contributed by atoms with Crippen LogP contribution < -0.4 is 10.6 Å². The Bertz CT molecular complexity index is 597. The third-order valence-electron chi connectivity index (χ3n) is 4.00. The van der Waals surface area contributed by atoms with Gasteiger partial charge in [-0.2, -0.15) is 0 Å². The SMILES string of the molecule is O=C(NCC1(c2ccccc2)CCOCC1)Nc1nncs1. The van der Waals surface area contributed by atoms with Crippen molar-refractivity contribution in [1.82, 2.24) is 15.5 Å². The van der Waals surface area contributed by atoms with Crippen molar-refractivity contribution in [3.63, 3.8) is 0 Å². The highest BCUT2D eigenvalue weighted by atomic mass is 32.1. The van der Waals surface area contributed by atoms with Crippen LogP contribution >= 0.6 is 11.3 Å². The summed E-state index contributed by atoms with van der Waals surface area (Å²) in [6.45, 7) is 2.01. The largest absolute Gasteiger partial charge is 0.381 e. The van der Waals surface area contributed by atoms with Gasteiger partial charge < -0.3 is 10.1 Å². The topological polar surface area (TPSA) is 76.1 Å². The fraction of sp³-hybridized carbons (Fsp3) is 0.400. The summed E-state index contributed by atoms with van der Waals surface area (Å²) in [7, 11) is 0. The van der Waals surface area contributed by atoms with Crippen molar-refractivity contribution in [3.8, 4) is 0 Å². The highest BCUT2D eigenvalue weighted by molar-refractivity contribution is 7.13. The third-order valence-corrected chi connectivity index (χ3v) is 4.61. The van der Waals surface area contributed by atoms with Crippen LogP contribution in [0.4, 0.5) is 9.93 Å². The minimum Gasteiger partial charge on any atom is -0.381 e. The summed E-state index contributed by atoms with van der Waals surface area (Å²) < 4.78 is 5.49. The Morgan fingerprint density at radius 3 is 2.73 bits per heavy atom. The van der Waals surface area contributed by atoms with Gasteiger partial charge in [0.15, 0.2) is 0 Å². The highest BCUT2D eigenvalue weighted by Crippen LogP contribution is 2.34. The zero-order valence-electron chi connectivity index (χ0n) is 12.1. The number of aromatic nitrogens is 2. The molecule has 2 N–H and O–H groups in total. The van der Waals surface area contributed by atoms with Gasteiger partial charge in [0.25, 0.3) is 0 Å². The van der Waals surface area contributed by atoms with Crippen LogP contribution in [0.2, 0.25) is 0 Å². The number of nitrogens with one attached hydrogen (secondary N) is 2. The smallest absolute Gasteiger partial charge is 0.321 e. The molecule has 0 radical (unpaired) electrons. The molecule has 22 heavy (non-hydrogen) atoms. The van der Waals surface area contributed by atoms with Crippen molar-refractivity contribution in [2.45, 2.75) is 18.3 Å². The van der Waals surface area contributed by atoms with Crippen LogP contribution in [0.3, 0.4) is 0 Å². The molecule has 0 saturated carbocycles. The average Bonchev–Trinajstić information content (AvgIpc) is 3.08. The molecule has 0 unspecified atom stereocenters. The molecule has 1 aliphatic heterocycles. The van der Waals surface area contributed by atoms with Gasteiger partial charge in [-0.05, 0) is 18.4 Å². The number of anilines is 1. The Morgan fingerprint density at radius 1 is 1.27 bits per heavy atom. The number of hydrogen-bond donors (Lipinski definition) is 2. The average molecular weight is 318 g/mol. The van der Waals surface area contributed by atoms with Gasteiger partial charge in [-0.25, -0.2) is 4.79 Å². The van der Waals surface area contributed by atoms with Crippen LogP contribution in [-0.2, 0) is 10.2 Å². The lowest BCUT2D eigenvalue weighted by Gasteiger charge is -2.37. The van der Waals surface area contributed by atoms with Crippen molar-refractivity contribution in [3.05, 3.63) is 41.4 Å². The summed E-state index contributed by atoms with van der Waals surface area (Å²) in [6.07, 6.45) is 1.80. The molecule has 2 amide bonds. The van der Waals surface area contributed by atoms with E-state index in [1.807, 2.05) is 18.2 Å². The van der Waals surface area contributed by atoms with Gasteiger partial charge in [-0.1, -0.05) is 41.7 Å². The molecule has 0 atom stereocenters. The van der Waals surface area contributed by atoms with E-state index in [2.05, 4.69) is 33.0 Å². The fourth-order valence-corrected chi connectivity index (χ4v) is 3.18. The molecular weight excluding hydrogens is 300 g/mol. The minimum atomic E-state index is -0.251. The van der Waals surface area contributed by atoms with Gasteiger partial charge in [0, 0.05) is 25.2 Å². The molecule has 7 heteroatoms. The summed E-state index contributed by atoms with van der Waals surface area (Å²) >= 11 is 1.29. The number of carbonyl (C=O) groups excluding carboxylic acids is 1. The lowest BCUT2D eigenvalue weighted by Crippen LogP contribution is -2.45. The summed E-state index contributed by atoms with van der Waals surface area (Å²) in [6, 6.07) is 10.1. The zero-order chi connectivity index (χ0) is 15.3. The third kappa shape index (κ3) is 3.42. The van der Waals surface area contributed by atoms with Crippen LogP contribution in [0.1, 0.15) is 18.4 Å². The molecular formula is C15H18N4O2S. The number of amides is 2. The summed E-state index contributed by atoms with van der Waals surface area (Å²) in [5.41, 5.74) is 2.76. The fourth-order valence-electron chi connectivity index (χ4n) is 2.74. The molecule has 6 nitrogen and oxygen atoms in total. The molecule has 2 heterocycles. The maximum Gasteiger partial charge on any atom is 0.321 e. The first-order valence-electron chi connectivity index (χ1n) is 7.23. The van der Waals surface area contributed by atoms with Crippen LogP contribution in [-0.4, -0.2) is 36.0 Å². The Balaban J connectivity index is 1.67. The first-order chi connectivity index (χ1) is 10.8. The predicted molar refractivity (Wildman–Crippen MR) is 85.1 cm³/mol. The number of benzene rings is 1. The van der Waals surface area contributed by atoms with Crippen LogP contribution in [0.15, 0.2) is 35.8 Å². The van der Waals surface area contributed by atoms with E-state index < -0.39 is 0 Å². The monoisotopic (exact) mass is 318 g/mol. The first-order valence-corrected chi connectivity index (χ1v) is 8.11. The maximum atomic E-state index is 12.0. The number of nitrogens with zero attached hydrogens (tertiary/aromatic N) is 2. The Kier molecular flexibility index (Phi) is 4.65. The molecule has 1 aliphatic rings. The van der Waals surface area contributed by atoms with E-state index >= 15 is 0 Å². The van der Waals surface area contributed by atoms with Gasteiger partial charge in [-0.15, -0.1) is 10.2 Å². The molecule has 3 rings (SSSR count). The predicted octanol–water partition coefficient (Wildman–Crippen LogP) is 2.41. The molecule has 2 aromatic rings. The normalized spacial score (nSPS) is 16.9. The molecule has 0 aliphatic carbocycles. The lowest BCUT2D eigenvalue weighted by atomic mass is 9.74. The second-order valence-corrected chi connectivity index (χ2v) is 6.14. The lowest BCUT2D eigenvalue weighted by molar-refractivity contribution is 0.0508. The Hall–Kier alpha value is -1.99. The van der Waals surface area contributed by atoms with Crippen molar-refractivity contribution >= 4 is 22.5 Å². The van der Waals surface area contributed by atoms with E-state index in [-0.39, 0.29) is 11.4 Å². The van der Waals surface area contributed by atoms with E-state index in [1.54, 1.807) is 5.51 Å². The molecule has 0 spiro atoms. The second kappa shape index (κ2) is 6.85. The summed E-state index contributed by atoms with van der Waals surface area (Å²) in [5.74, 6) is 0. The van der Waals surface area contributed by atoms with Crippen molar-refractivity contribution in [2.75, 3.05) is 25.1 Å². The zero-order valence-corrected chi connectivity index (χ0v) is 12.9. The van der Waals surface area contributed by atoms with Gasteiger partial charge in [-0.3, -0.25) is 5.32 Å². The van der Waals surface area contributed by atoms with E-state index in [9.17, 15) is 4.79 Å². The number of urea groups is 1. The van der Waals surface area contributed by atoms with Gasteiger partial charge in [0.2, 0.25) is 5.13 Å². The maximum absolute atomic E-state index is 12.0. The van der Waals surface area contributed by atoms with E-state index in [4.69, 9.17) is 4.74 Å². The van der Waals surface area contributed by atoms with E-state index in [1.165, 1.54) is 16.9 Å². The second-order valence-electron chi connectivity index (χ2n) is 5.31. The molecule has 1 saturated heterocycles. The summed E-state index contributed by atoms with van der Waals surface area (Å²) in [5, 5.41) is 13.7. The number of ether oxygens (including phenoxy) is 1. The minimum absolute atomic E-state index is 0.0715. The van der Waals surface area contributed by atoms with E-state index in [0.29, 0.717) is 24.9 Å². The van der Waals surface area contributed by atoms with Gasteiger partial charge in [0.05, 0.1) is 0 Å². The van der Waals surface area contributed by atoms with Gasteiger partial charge >= 0.3 is 6.03 Å². The van der Waals surface area contributed by atoms with Crippen LogP contribution in [0, 0.1) is 0 Å². The Morgan fingerprint density at radius 2 is 2.05 bits per heavy atom. The van der Waals surface area contributed by atoms with Crippen LogP contribution in [0.5, 0.6) is 0 Å². The highest BCUT2D eigenvalue weighted by Gasteiger charge is 2.34. The number of hydrogen-bond acceptors (Lipinski definition) is 5. The molecule has 1 aromatic carbocycles. The molecule has 0 bridgehead atoms. The molecule has 116 valence electrons. The Labute approximate surface area is 132 Å². The standard InChI is InChI=1S/C15H18N4O2S/c20-13(18-14-19-17-11-22-14)16-10-15(6-8-21-9-7-15)12-4-2-1-3-5-12/h1-5,11H,6-10H2,(H2,16,18,19,20). The van der Waals surface area contributed by atoms with Crippen molar-refractivity contribution in [2.24, 2.45) is 0 Å². The van der Waals surface area contributed by atoms with Gasteiger partial charge in [0.1, 0.15) is 5.51 Å². The quantitative estimate of drug-likeness (QED) is 0.907. The molecule has 1 fully saturated rings. The summed E-state index contributed by atoms with van der Waals surface area (Å²) in [4.78, 5) is 12.0. The van der Waals surface area contributed by atoms with Crippen molar-refractivity contribution in [1.29, 1.82) is 0 Å². The van der Waals surface area contributed by atoms with Crippen molar-refractivity contribution < 1.29 is 9.53 Å². The number of rotatable bonds is 4. The van der Waals surface area contributed by atoms with Crippen LogP contribution in [0.25, 0.3) is 0 Å². The van der Waals surface area contributed by atoms with E-state index in [0.717, 1.165) is 12.8 Å². The molecule has 1 aromatic heterocycles.